The molecule has 0 radical (unpaired) electrons. The third-order valence-electron chi connectivity index (χ3n) is 2.59. The summed E-state index contributed by atoms with van der Waals surface area (Å²) in [5, 5.41) is 19.8. The van der Waals surface area contributed by atoms with Gasteiger partial charge in [-0.3, -0.25) is 9.59 Å². The molecule has 0 aliphatic rings. The van der Waals surface area contributed by atoms with Gasteiger partial charge in [0, 0.05) is 11.8 Å². The quantitative estimate of drug-likeness (QED) is 0.509. The van der Waals surface area contributed by atoms with E-state index < -0.39 is 35.8 Å². The van der Waals surface area contributed by atoms with Gasteiger partial charge in [0.1, 0.15) is 0 Å². The van der Waals surface area contributed by atoms with Crippen LogP contribution in [0.2, 0.25) is 0 Å². The summed E-state index contributed by atoms with van der Waals surface area (Å²) in [6.45, 7) is 1.92. The van der Waals surface area contributed by atoms with E-state index in [0.717, 1.165) is 0 Å². The van der Waals surface area contributed by atoms with Crippen LogP contribution in [0.3, 0.4) is 0 Å². The van der Waals surface area contributed by atoms with Gasteiger partial charge in [-0.15, -0.1) is 0 Å². The Hall–Kier alpha value is -3.16. The number of nitrogens with one attached hydrogen (secondary N) is 1. The minimum atomic E-state index is -1.49. The first-order chi connectivity index (χ1) is 10.8. The van der Waals surface area contributed by atoms with Crippen LogP contribution in [0.1, 0.15) is 23.7 Å². The van der Waals surface area contributed by atoms with E-state index in [2.05, 4.69) is 5.32 Å². The van der Waals surface area contributed by atoms with Gasteiger partial charge in [-0.2, -0.15) is 0 Å². The van der Waals surface area contributed by atoms with Gasteiger partial charge in [-0.05, 0) is 31.2 Å². The minimum absolute atomic E-state index is 0.240. The van der Waals surface area contributed by atoms with E-state index in [4.69, 9.17) is 14.9 Å². The number of hydrogen-bond donors (Lipinski definition) is 3. The number of amides is 1. The second-order valence-corrected chi connectivity index (χ2v) is 4.33. The molecule has 0 unspecified atom stereocenters. The number of aliphatic carboxylic acids is 2. The number of hydrogen-bond acceptors (Lipinski definition) is 5. The highest BCUT2D eigenvalue weighted by atomic mass is 16.5. The molecule has 1 aromatic carbocycles. The summed E-state index contributed by atoms with van der Waals surface area (Å²) < 4.78 is 4.81. The Balaban J connectivity index is 2.78. The third kappa shape index (κ3) is 6.00. The first-order valence-electron chi connectivity index (χ1n) is 6.57. The standard InChI is InChI=1S/C15H15NO7/c1-2-23-15(22)9-3-5-11(6-4-9)16-12(17)7-10(14(20)21)8-13(18)19/h3-7H,2,8H2,1H3,(H,16,17)(H,18,19)(H,20,21)/b10-7-. The Kier molecular flexibility index (Phi) is 6.47. The molecular weight excluding hydrogens is 306 g/mol. The lowest BCUT2D eigenvalue weighted by Gasteiger charge is -2.05. The highest BCUT2D eigenvalue weighted by molar-refractivity contribution is 6.05. The van der Waals surface area contributed by atoms with Crippen molar-refractivity contribution in [2.75, 3.05) is 11.9 Å². The molecule has 122 valence electrons. The maximum atomic E-state index is 11.7. The van der Waals surface area contributed by atoms with Gasteiger partial charge in [-0.25, -0.2) is 9.59 Å². The second kappa shape index (κ2) is 8.32. The average molecular weight is 321 g/mol. The van der Waals surface area contributed by atoms with Crippen molar-refractivity contribution >= 4 is 29.5 Å². The average Bonchev–Trinajstić information content (AvgIpc) is 2.47. The molecule has 0 bridgehead atoms. The molecule has 8 heteroatoms. The number of carbonyl (C=O) groups excluding carboxylic acids is 2. The number of carbonyl (C=O) groups is 4. The van der Waals surface area contributed by atoms with Crippen LogP contribution in [0.4, 0.5) is 5.69 Å². The van der Waals surface area contributed by atoms with Crippen molar-refractivity contribution in [2.45, 2.75) is 13.3 Å². The minimum Gasteiger partial charge on any atom is -0.481 e. The molecule has 8 nitrogen and oxygen atoms in total. The molecule has 0 spiro atoms. The largest absolute Gasteiger partial charge is 0.481 e. The number of rotatable bonds is 7. The van der Waals surface area contributed by atoms with Crippen LogP contribution >= 0.6 is 0 Å². The molecule has 0 aliphatic heterocycles. The predicted octanol–water partition coefficient (Wildman–Crippen LogP) is 1.29. The Labute approximate surface area is 131 Å². The molecule has 1 aromatic rings. The van der Waals surface area contributed by atoms with Crippen molar-refractivity contribution < 1.29 is 34.1 Å². The van der Waals surface area contributed by atoms with Gasteiger partial charge in [0.2, 0.25) is 5.91 Å². The second-order valence-electron chi connectivity index (χ2n) is 4.33. The van der Waals surface area contributed by atoms with Crippen LogP contribution in [-0.2, 0) is 19.1 Å². The van der Waals surface area contributed by atoms with Crippen molar-refractivity contribution in [1.29, 1.82) is 0 Å². The van der Waals surface area contributed by atoms with Crippen molar-refractivity contribution in [3.8, 4) is 0 Å². The third-order valence-corrected chi connectivity index (χ3v) is 2.59. The fraction of sp³-hybridized carbons (Fsp3) is 0.200. The van der Waals surface area contributed by atoms with Crippen molar-refractivity contribution in [1.82, 2.24) is 0 Å². The smallest absolute Gasteiger partial charge is 0.338 e. The maximum Gasteiger partial charge on any atom is 0.338 e. The molecule has 0 heterocycles. The van der Waals surface area contributed by atoms with Crippen molar-refractivity contribution in [3.05, 3.63) is 41.5 Å². The number of anilines is 1. The summed E-state index contributed by atoms with van der Waals surface area (Å²) >= 11 is 0. The number of carboxylic acid groups (broad SMARTS) is 2. The van der Waals surface area contributed by atoms with E-state index in [0.29, 0.717) is 17.3 Å². The molecule has 0 aliphatic carbocycles. The highest BCUT2D eigenvalue weighted by Crippen LogP contribution is 2.11. The maximum absolute atomic E-state index is 11.7. The van der Waals surface area contributed by atoms with Gasteiger partial charge in [0.15, 0.2) is 0 Å². The summed E-state index contributed by atoms with van der Waals surface area (Å²) in [4.78, 5) is 44.5. The zero-order chi connectivity index (χ0) is 17.4. The SMILES string of the molecule is CCOC(=O)c1ccc(NC(=O)/C=C(/CC(=O)O)C(=O)O)cc1. The Morgan fingerprint density at radius 3 is 2.22 bits per heavy atom. The van der Waals surface area contributed by atoms with E-state index in [1.807, 2.05) is 0 Å². The zero-order valence-electron chi connectivity index (χ0n) is 12.2. The molecule has 0 aromatic heterocycles. The Bertz CT molecular complexity index is 646. The lowest BCUT2D eigenvalue weighted by molar-refractivity contribution is -0.139. The lowest BCUT2D eigenvalue weighted by atomic mass is 10.1. The lowest BCUT2D eigenvalue weighted by Crippen LogP contribution is -2.14. The first-order valence-corrected chi connectivity index (χ1v) is 6.57. The van der Waals surface area contributed by atoms with Gasteiger partial charge < -0.3 is 20.3 Å². The summed E-state index contributed by atoms with van der Waals surface area (Å²) in [6, 6.07) is 5.75. The van der Waals surface area contributed by atoms with Crippen LogP contribution < -0.4 is 5.32 Å². The summed E-state index contributed by atoms with van der Waals surface area (Å²) in [5.74, 6) is -4.13. The topological polar surface area (TPSA) is 130 Å². The van der Waals surface area contributed by atoms with E-state index in [1.54, 1.807) is 6.92 Å². The molecule has 3 N–H and O–H groups in total. The molecule has 0 saturated heterocycles. The highest BCUT2D eigenvalue weighted by Gasteiger charge is 2.14. The normalized spacial score (nSPS) is 10.7. The molecule has 23 heavy (non-hydrogen) atoms. The Morgan fingerprint density at radius 1 is 1.13 bits per heavy atom. The number of benzene rings is 1. The number of carboxylic acids is 2. The molecule has 1 rings (SSSR count). The molecule has 0 atom stereocenters. The first kappa shape index (κ1) is 17.9. The van der Waals surface area contributed by atoms with Crippen LogP contribution in [-0.4, -0.2) is 40.6 Å². The van der Waals surface area contributed by atoms with Crippen LogP contribution in [0, 0.1) is 0 Å². The molecular formula is C15H15NO7. The zero-order valence-corrected chi connectivity index (χ0v) is 12.2. The van der Waals surface area contributed by atoms with Crippen LogP contribution in [0.15, 0.2) is 35.9 Å². The van der Waals surface area contributed by atoms with Gasteiger partial charge in [0.25, 0.3) is 0 Å². The number of esters is 1. The predicted molar refractivity (Wildman–Crippen MR) is 79.0 cm³/mol. The fourth-order valence-corrected chi connectivity index (χ4v) is 1.59. The van der Waals surface area contributed by atoms with Crippen molar-refractivity contribution in [2.24, 2.45) is 0 Å². The van der Waals surface area contributed by atoms with Crippen LogP contribution in [0.25, 0.3) is 0 Å². The Morgan fingerprint density at radius 2 is 1.74 bits per heavy atom. The monoisotopic (exact) mass is 321 g/mol. The van der Waals surface area contributed by atoms with Gasteiger partial charge >= 0.3 is 17.9 Å². The van der Waals surface area contributed by atoms with E-state index in [-0.39, 0.29) is 6.61 Å². The summed E-state index contributed by atoms with van der Waals surface area (Å²) in [5.41, 5.74) is 0.0787. The summed E-state index contributed by atoms with van der Waals surface area (Å²) in [6.07, 6.45) is -0.0692. The molecule has 0 saturated carbocycles. The molecule has 1 amide bonds. The van der Waals surface area contributed by atoms with E-state index >= 15 is 0 Å². The van der Waals surface area contributed by atoms with Crippen molar-refractivity contribution in [3.63, 3.8) is 0 Å². The van der Waals surface area contributed by atoms with Crippen LogP contribution in [0.5, 0.6) is 0 Å². The fourth-order valence-electron chi connectivity index (χ4n) is 1.59. The number of ether oxygens (including phenoxy) is 1. The van der Waals surface area contributed by atoms with E-state index in [1.165, 1.54) is 24.3 Å². The molecule has 0 fully saturated rings. The summed E-state index contributed by atoms with van der Waals surface area (Å²) in [7, 11) is 0. The van der Waals surface area contributed by atoms with Gasteiger partial charge in [0.05, 0.1) is 24.2 Å². The van der Waals surface area contributed by atoms with E-state index in [9.17, 15) is 19.2 Å². The van der Waals surface area contributed by atoms with Gasteiger partial charge in [-0.1, -0.05) is 0 Å².